The molecule has 3 aliphatic rings. The molecule has 0 bridgehead atoms. The molecule has 0 saturated heterocycles. The van der Waals surface area contributed by atoms with E-state index in [9.17, 15) is 0 Å². The predicted octanol–water partition coefficient (Wildman–Crippen LogP) is 6.61. The van der Waals surface area contributed by atoms with E-state index in [1.807, 2.05) is 0 Å². The molecule has 4 unspecified atom stereocenters. The Morgan fingerprint density at radius 1 is 1.03 bits per heavy atom. The number of nitrogens with two attached hydrogens (primary N) is 1. The highest BCUT2D eigenvalue weighted by atomic mass is 32.2. The molecule has 1 aliphatic carbocycles. The van der Waals surface area contributed by atoms with Gasteiger partial charge in [-0.3, -0.25) is 4.99 Å². The first-order valence-electron chi connectivity index (χ1n) is 10.8. The minimum atomic E-state index is 0.218. The Hall–Kier alpha value is -1.30. The third-order valence-electron chi connectivity index (χ3n) is 6.40. The molecule has 2 nitrogen and oxygen atoms in total. The van der Waals surface area contributed by atoms with Crippen molar-refractivity contribution < 1.29 is 0 Å². The number of nitrogens with zero attached hydrogens (tertiary/aromatic N) is 1. The van der Waals surface area contributed by atoms with Crippen molar-refractivity contribution in [2.24, 2.45) is 16.6 Å². The lowest BCUT2D eigenvalue weighted by molar-refractivity contribution is 0.320. The number of fused-ring (bicyclic) bond motifs is 1. The minimum Gasteiger partial charge on any atom is -0.379 e. The van der Waals surface area contributed by atoms with Gasteiger partial charge >= 0.3 is 0 Å². The summed E-state index contributed by atoms with van der Waals surface area (Å²) in [5, 5.41) is 0.765. The molecule has 4 atom stereocenters. The molecule has 0 aromatic heterocycles. The van der Waals surface area contributed by atoms with Gasteiger partial charge in [0, 0.05) is 22.3 Å². The second-order valence-corrected chi connectivity index (χ2v) is 12.4. The monoisotopic (exact) mass is 452 g/mol. The van der Waals surface area contributed by atoms with Gasteiger partial charge in [0.25, 0.3) is 0 Å². The van der Waals surface area contributed by atoms with Gasteiger partial charge in [0.05, 0.1) is 10.1 Å². The van der Waals surface area contributed by atoms with Gasteiger partial charge in [-0.05, 0) is 29.9 Å². The lowest BCUT2D eigenvalue weighted by atomic mass is 9.75. The van der Waals surface area contributed by atoms with E-state index in [2.05, 4.69) is 95.3 Å². The molecule has 0 amide bonds. The fourth-order valence-electron chi connectivity index (χ4n) is 4.95. The number of amidine groups is 1. The van der Waals surface area contributed by atoms with Gasteiger partial charge in [-0.25, -0.2) is 0 Å². The first-order chi connectivity index (χ1) is 14.7. The molecular formula is C25H28N2S3. The summed E-state index contributed by atoms with van der Waals surface area (Å²) in [6.07, 6.45) is 7.81. The number of rotatable bonds is 5. The maximum absolute atomic E-state index is 5.95. The van der Waals surface area contributed by atoms with E-state index in [-0.39, 0.29) is 4.08 Å². The molecule has 156 valence electrons. The van der Waals surface area contributed by atoms with Crippen LogP contribution in [-0.2, 0) is 0 Å². The van der Waals surface area contributed by atoms with Crippen LogP contribution in [-0.4, -0.2) is 26.8 Å². The highest BCUT2D eigenvalue weighted by molar-refractivity contribution is 8.22. The molecule has 2 aromatic rings. The fraction of sp³-hybridized carbons (Fsp3) is 0.400. The Morgan fingerprint density at radius 2 is 1.80 bits per heavy atom. The van der Waals surface area contributed by atoms with Crippen molar-refractivity contribution in [1.82, 2.24) is 0 Å². The van der Waals surface area contributed by atoms with Crippen LogP contribution in [0.4, 0.5) is 0 Å². The summed E-state index contributed by atoms with van der Waals surface area (Å²) in [6, 6.07) is 22.5. The Labute approximate surface area is 192 Å². The Kier molecular flexibility index (Phi) is 6.22. The molecule has 2 N–H and O–H groups in total. The second kappa shape index (κ2) is 9.05. The van der Waals surface area contributed by atoms with Gasteiger partial charge in [-0.1, -0.05) is 91.3 Å². The van der Waals surface area contributed by atoms with Crippen molar-refractivity contribution in [3.63, 3.8) is 0 Å². The molecule has 30 heavy (non-hydrogen) atoms. The van der Waals surface area contributed by atoms with Crippen molar-refractivity contribution in [2.75, 3.05) is 11.5 Å². The zero-order chi connectivity index (χ0) is 20.4. The standard InChI is InChI=1S/C25H28N2S3/c26-24-27-20(16-28-24)17-29-25-14-8-7-13-22(25)21(18-9-3-1-4-10-18)15-23(30-25)19-11-5-2-6-12-19/h1-6,9-12,15,20-22H,7-8,13-14,16-17H2,(H2,26,27). The Balaban J connectivity index is 1.51. The number of hydrogen-bond donors (Lipinski definition) is 1. The fourth-order valence-corrected chi connectivity index (χ4v) is 9.52. The smallest absolute Gasteiger partial charge is 0.154 e. The maximum Gasteiger partial charge on any atom is 0.154 e. The molecule has 2 aliphatic heterocycles. The summed E-state index contributed by atoms with van der Waals surface area (Å²) in [5.41, 5.74) is 8.76. The van der Waals surface area contributed by atoms with Crippen LogP contribution in [0.3, 0.4) is 0 Å². The summed E-state index contributed by atoms with van der Waals surface area (Å²) >= 11 is 6.02. The predicted molar refractivity (Wildman–Crippen MR) is 136 cm³/mol. The molecule has 5 rings (SSSR count). The molecule has 2 heterocycles. The van der Waals surface area contributed by atoms with Gasteiger partial charge in [0.2, 0.25) is 0 Å². The van der Waals surface area contributed by atoms with Gasteiger partial charge < -0.3 is 5.73 Å². The van der Waals surface area contributed by atoms with Crippen LogP contribution in [0.25, 0.3) is 4.91 Å². The largest absolute Gasteiger partial charge is 0.379 e. The number of thioether (sulfide) groups is 3. The highest BCUT2D eigenvalue weighted by Gasteiger charge is 2.49. The maximum atomic E-state index is 5.95. The number of hydrogen-bond acceptors (Lipinski definition) is 5. The van der Waals surface area contributed by atoms with Gasteiger partial charge in [0.1, 0.15) is 0 Å². The molecule has 2 aromatic carbocycles. The number of aliphatic imine (C=N–C) groups is 1. The normalized spacial score (nSPS) is 31.0. The second-order valence-electron chi connectivity index (χ2n) is 8.34. The summed E-state index contributed by atoms with van der Waals surface area (Å²) in [4.78, 5) is 6.12. The van der Waals surface area contributed by atoms with Gasteiger partial charge in [-0.15, -0.1) is 23.5 Å². The van der Waals surface area contributed by atoms with Crippen LogP contribution in [0.2, 0.25) is 0 Å². The van der Waals surface area contributed by atoms with E-state index < -0.39 is 0 Å². The van der Waals surface area contributed by atoms with Crippen LogP contribution in [0.1, 0.15) is 42.7 Å². The van der Waals surface area contributed by atoms with Crippen molar-refractivity contribution in [3.05, 3.63) is 77.9 Å². The summed E-state index contributed by atoms with van der Waals surface area (Å²) in [5.74, 6) is 3.24. The Bertz CT molecular complexity index is 928. The van der Waals surface area contributed by atoms with Crippen molar-refractivity contribution in [3.8, 4) is 0 Å². The number of allylic oxidation sites excluding steroid dienone is 1. The number of benzene rings is 2. The summed E-state index contributed by atoms with van der Waals surface area (Å²) < 4.78 is 0.218. The molecule has 5 heteroatoms. The molecule has 0 radical (unpaired) electrons. The third kappa shape index (κ3) is 4.21. The quantitative estimate of drug-likeness (QED) is 0.554. The average molecular weight is 453 g/mol. The van der Waals surface area contributed by atoms with Crippen LogP contribution in [0.15, 0.2) is 71.7 Å². The molecule has 1 saturated carbocycles. The lowest BCUT2D eigenvalue weighted by Crippen LogP contribution is -2.41. The summed E-state index contributed by atoms with van der Waals surface area (Å²) in [7, 11) is 0. The van der Waals surface area contributed by atoms with E-state index in [4.69, 9.17) is 5.73 Å². The molecule has 0 spiro atoms. The molecule has 1 fully saturated rings. The van der Waals surface area contributed by atoms with E-state index in [1.165, 1.54) is 41.7 Å². The van der Waals surface area contributed by atoms with E-state index in [1.54, 1.807) is 11.8 Å². The average Bonchev–Trinajstić information content (AvgIpc) is 3.23. The van der Waals surface area contributed by atoms with Gasteiger partial charge in [-0.2, -0.15) is 0 Å². The minimum absolute atomic E-state index is 0.218. The molecular weight excluding hydrogens is 424 g/mol. The van der Waals surface area contributed by atoms with Crippen LogP contribution in [0, 0.1) is 5.92 Å². The zero-order valence-corrected chi connectivity index (χ0v) is 19.5. The highest BCUT2D eigenvalue weighted by Crippen LogP contribution is 2.63. The van der Waals surface area contributed by atoms with Crippen molar-refractivity contribution in [2.45, 2.75) is 41.7 Å². The topological polar surface area (TPSA) is 38.4 Å². The lowest BCUT2D eigenvalue weighted by Gasteiger charge is -2.50. The Morgan fingerprint density at radius 3 is 2.53 bits per heavy atom. The van der Waals surface area contributed by atoms with E-state index in [0.29, 0.717) is 17.9 Å². The van der Waals surface area contributed by atoms with Crippen LogP contribution < -0.4 is 5.73 Å². The summed E-state index contributed by atoms with van der Waals surface area (Å²) in [6.45, 7) is 0. The van der Waals surface area contributed by atoms with Crippen LogP contribution in [0.5, 0.6) is 0 Å². The van der Waals surface area contributed by atoms with Crippen molar-refractivity contribution >= 4 is 45.4 Å². The van der Waals surface area contributed by atoms with Crippen molar-refractivity contribution in [1.29, 1.82) is 0 Å². The van der Waals surface area contributed by atoms with E-state index >= 15 is 0 Å². The first kappa shape index (κ1) is 20.6. The zero-order valence-electron chi connectivity index (χ0n) is 17.1. The van der Waals surface area contributed by atoms with E-state index in [0.717, 1.165) is 16.7 Å². The van der Waals surface area contributed by atoms with Crippen LogP contribution >= 0.6 is 35.3 Å². The SMILES string of the molecule is NC1=NC(CSC23CCCCC2C(c2ccccc2)C=C(c2ccccc2)S3)CS1. The third-order valence-corrected chi connectivity index (χ3v) is 10.9. The van der Waals surface area contributed by atoms with Gasteiger partial charge in [0.15, 0.2) is 5.17 Å². The first-order valence-corrected chi connectivity index (χ1v) is 13.6.